The van der Waals surface area contributed by atoms with Crippen molar-refractivity contribution in [3.63, 3.8) is 0 Å². The maximum Gasteiger partial charge on any atom is 0.222 e. The van der Waals surface area contributed by atoms with Crippen LogP contribution in [-0.2, 0) is 15.1 Å². The standard InChI is InChI=1S/C21H22N4O2S.C10H19NO/c1-13(26)23-18-9-17(15-7-8-28-10-15)19(25-24-18)14-3-5-16(6-4-14)21(22)11-20(2,27)12-21;1-3-10(12)11(2)9-7-5-4-6-8-9/h3-10,27H,11-12,22H2,1-2H3,(H,23,24,26);9H,3-8H2,1-2H3. The highest BCUT2D eigenvalue weighted by molar-refractivity contribution is 7.08. The summed E-state index contributed by atoms with van der Waals surface area (Å²) < 4.78 is 0. The van der Waals surface area contributed by atoms with Crippen molar-refractivity contribution in [3.05, 3.63) is 52.7 Å². The first-order valence-corrected chi connectivity index (χ1v) is 15.0. The fourth-order valence-electron chi connectivity index (χ4n) is 5.88. The number of hydrogen-bond acceptors (Lipinski definition) is 7. The van der Waals surface area contributed by atoms with Crippen molar-refractivity contribution in [1.29, 1.82) is 0 Å². The second-order valence-electron chi connectivity index (χ2n) is 11.4. The van der Waals surface area contributed by atoms with Crippen LogP contribution in [0.3, 0.4) is 0 Å². The van der Waals surface area contributed by atoms with Crippen LogP contribution in [0.1, 0.15) is 77.7 Å². The van der Waals surface area contributed by atoms with E-state index < -0.39 is 11.1 Å². The molecule has 2 aliphatic carbocycles. The Morgan fingerprint density at radius 2 is 1.77 bits per heavy atom. The predicted octanol–water partition coefficient (Wildman–Crippen LogP) is 5.72. The monoisotopic (exact) mass is 563 g/mol. The van der Waals surface area contributed by atoms with E-state index in [4.69, 9.17) is 5.73 Å². The van der Waals surface area contributed by atoms with E-state index in [-0.39, 0.29) is 5.91 Å². The number of anilines is 1. The lowest BCUT2D eigenvalue weighted by Crippen LogP contribution is -2.58. The minimum Gasteiger partial charge on any atom is -0.390 e. The Bertz CT molecular complexity index is 1290. The average molecular weight is 564 g/mol. The summed E-state index contributed by atoms with van der Waals surface area (Å²) in [7, 11) is 1.95. The van der Waals surface area contributed by atoms with Gasteiger partial charge in [-0.1, -0.05) is 50.5 Å². The first-order chi connectivity index (χ1) is 19.0. The largest absolute Gasteiger partial charge is 0.390 e. The summed E-state index contributed by atoms with van der Waals surface area (Å²) in [5, 5.41) is 25.3. The van der Waals surface area contributed by atoms with Gasteiger partial charge in [-0.15, -0.1) is 10.2 Å². The SMILES string of the molecule is CC(=O)Nc1cc(-c2ccsc2)c(-c2ccc(C3(N)CC(C)(O)C3)cc2)nn1.CCC(=O)N(C)C1CCCCC1. The number of amides is 2. The molecule has 0 aliphatic heterocycles. The maximum atomic E-state index is 11.4. The van der Waals surface area contributed by atoms with Crippen molar-refractivity contribution in [2.45, 2.75) is 89.3 Å². The van der Waals surface area contributed by atoms with E-state index in [2.05, 4.69) is 15.5 Å². The van der Waals surface area contributed by atoms with E-state index >= 15 is 0 Å². The first-order valence-electron chi connectivity index (χ1n) is 14.1. The molecule has 2 fully saturated rings. The number of hydrogen-bond donors (Lipinski definition) is 3. The fourth-order valence-corrected chi connectivity index (χ4v) is 6.53. The number of nitrogens with one attached hydrogen (secondary N) is 1. The summed E-state index contributed by atoms with van der Waals surface area (Å²) in [6.45, 7) is 5.19. The zero-order valence-electron chi connectivity index (χ0n) is 23.9. The molecule has 3 aromatic rings. The Hall–Kier alpha value is -3.14. The highest BCUT2D eigenvalue weighted by Gasteiger charge is 2.49. The Balaban J connectivity index is 0.000000259. The molecule has 40 heavy (non-hydrogen) atoms. The second kappa shape index (κ2) is 12.6. The quantitative estimate of drug-likeness (QED) is 0.353. The van der Waals surface area contributed by atoms with Crippen LogP contribution in [0.15, 0.2) is 47.2 Å². The number of carbonyl (C=O) groups excluding carboxylic acids is 2. The number of rotatable bonds is 6. The van der Waals surface area contributed by atoms with Gasteiger partial charge >= 0.3 is 0 Å². The number of nitrogens with zero attached hydrogens (tertiary/aromatic N) is 3. The van der Waals surface area contributed by atoms with E-state index in [9.17, 15) is 14.7 Å². The van der Waals surface area contributed by atoms with Crippen LogP contribution in [0.25, 0.3) is 22.4 Å². The number of carbonyl (C=O) groups is 2. The van der Waals surface area contributed by atoms with Crippen molar-refractivity contribution < 1.29 is 14.7 Å². The fraction of sp³-hybridized carbons (Fsp3) is 0.484. The van der Waals surface area contributed by atoms with E-state index in [1.54, 1.807) is 11.3 Å². The van der Waals surface area contributed by atoms with Crippen LogP contribution in [0.2, 0.25) is 0 Å². The molecule has 2 amide bonds. The lowest BCUT2D eigenvalue weighted by atomic mass is 9.63. The molecule has 4 N–H and O–H groups in total. The Labute approximate surface area is 241 Å². The Morgan fingerprint density at radius 3 is 2.33 bits per heavy atom. The summed E-state index contributed by atoms with van der Waals surface area (Å²) in [5.74, 6) is 0.529. The van der Waals surface area contributed by atoms with E-state index in [1.165, 1.54) is 39.0 Å². The second-order valence-corrected chi connectivity index (χ2v) is 12.2. The highest BCUT2D eigenvalue weighted by Crippen LogP contribution is 2.46. The van der Waals surface area contributed by atoms with Gasteiger partial charge in [0.1, 0.15) is 5.69 Å². The van der Waals surface area contributed by atoms with Gasteiger partial charge in [-0.25, -0.2) is 0 Å². The summed E-state index contributed by atoms with van der Waals surface area (Å²) >= 11 is 1.60. The number of benzene rings is 1. The number of nitrogens with two attached hydrogens (primary N) is 1. The van der Waals surface area contributed by atoms with Crippen LogP contribution in [0.5, 0.6) is 0 Å². The topological polar surface area (TPSA) is 121 Å². The molecule has 2 aliphatic rings. The zero-order valence-corrected chi connectivity index (χ0v) is 24.8. The lowest BCUT2D eigenvalue weighted by Gasteiger charge is -2.49. The molecule has 0 atom stereocenters. The third kappa shape index (κ3) is 7.13. The molecule has 2 saturated carbocycles. The van der Waals surface area contributed by atoms with Crippen LogP contribution in [0.4, 0.5) is 5.82 Å². The smallest absolute Gasteiger partial charge is 0.222 e. The molecule has 2 heterocycles. The first kappa shape index (κ1) is 29.8. The zero-order chi connectivity index (χ0) is 28.9. The van der Waals surface area contributed by atoms with Gasteiger partial charge in [0.2, 0.25) is 11.8 Å². The van der Waals surface area contributed by atoms with Crippen molar-refractivity contribution >= 4 is 29.0 Å². The number of aliphatic hydroxyl groups is 1. The van der Waals surface area contributed by atoms with E-state index in [1.807, 2.05) is 73.0 Å². The van der Waals surface area contributed by atoms with Crippen molar-refractivity contribution in [3.8, 4) is 22.4 Å². The Kier molecular flexibility index (Phi) is 9.38. The summed E-state index contributed by atoms with van der Waals surface area (Å²) in [6.07, 6.45) is 8.11. The minimum atomic E-state index is -0.690. The molecular formula is C31H41N5O3S. The molecule has 0 spiro atoms. The summed E-state index contributed by atoms with van der Waals surface area (Å²) in [4.78, 5) is 24.7. The predicted molar refractivity (Wildman–Crippen MR) is 161 cm³/mol. The number of aromatic nitrogens is 2. The molecule has 0 saturated heterocycles. The van der Waals surface area contributed by atoms with Gasteiger partial charge in [-0.2, -0.15) is 11.3 Å². The summed E-state index contributed by atoms with van der Waals surface area (Å²) in [5.41, 5.74) is 9.85. The van der Waals surface area contributed by atoms with E-state index in [0.717, 1.165) is 27.9 Å². The minimum absolute atomic E-state index is 0.188. The van der Waals surface area contributed by atoms with Gasteiger partial charge in [-0.05, 0) is 66.6 Å². The normalized spacial score (nSPS) is 22.4. The lowest BCUT2D eigenvalue weighted by molar-refractivity contribution is -0.132. The third-order valence-electron chi connectivity index (χ3n) is 7.87. The van der Waals surface area contributed by atoms with Gasteiger partial charge in [0.25, 0.3) is 0 Å². The van der Waals surface area contributed by atoms with Crippen molar-refractivity contribution in [1.82, 2.24) is 15.1 Å². The molecule has 0 bridgehead atoms. The van der Waals surface area contributed by atoms with Gasteiger partial charge in [0.15, 0.2) is 5.82 Å². The van der Waals surface area contributed by atoms with Crippen molar-refractivity contribution in [2.24, 2.45) is 5.73 Å². The van der Waals surface area contributed by atoms with Gasteiger partial charge in [0.05, 0.1) is 5.60 Å². The molecule has 8 nitrogen and oxygen atoms in total. The molecule has 0 unspecified atom stereocenters. The maximum absolute atomic E-state index is 11.4. The number of thiophene rings is 1. The molecule has 0 radical (unpaired) electrons. The molecule has 1 aromatic carbocycles. The van der Waals surface area contributed by atoms with E-state index in [0.29, 0.717) is 37.0 Å². The van der Waals surface area contributed by atoms with Crippen LogP contribution in [-0.4, -0.2) is 50.7 Å². The highest BCUT2D eigenvalue weighted by atomic mass is 32.1. The Morgan fingerprint density at radius 1 is 1.10 bits per heavy atom. The molecule has 5 rings (SSSR count). The molecular weight excluding hydrogens is 522 g/mol. The van der Waals surface area contributed by atoms with Crippen LogP contribution >= 0.6 is 11.3 Å². The average Bonchev–Trinajstić information content (AvgIpc) is 3.47. The van der Waals surface area contributed by atoms with Crippen LogP contribution in [0, 0.1) is 0 Å². The molecule has 2 aromatic heterocycles. The molecule has 9 heteroatoms. The summed E-state index contributed by atoms with van der Waals surface area (Å²) in [6, 6.07) is 12.3. The third-order valence-corrected chi connectivity index (χ3v) is 8.56. The molecule has 214 valence electrons. The van der Waals surface area contributed by atoms with Gasteiger partial charge < -0.3 is 21.1 Å². The van der Waals surface area contributed by atoms with Crippen LogP contribution < -0.4 is 11.1 Å². The van der Waals surface area contributed by atoms with Gasteiger partial charge in [0, 0.05) is 43.1 Å². The van der Waals surface area contributed by atoms with Gasteiger partial charge in [-0.3, -0.25) is 9.59 Å². The van der Waals surface area contributed by atoms with Crippen molar-refractivity contribution in [2.75, 3.05) is 12.4 Å².